The van der Waals surface area contributed by atoms with Crippen LogP contribution in [0.2, 0.25) is 0 Å². The lowest BCUT2D eigenvalue weighted by Crippen LogP contribution is -2.26. The first kappa shape index (κ1) is 12.2. The minimum atomic E-state index is 0.0806. The number of aryl methyl sites for hydroxylation is 1. The minimum Gasteiger partial charge on any atom is -0.359 e. The fourth-order valence-electron chi connectivity index (χ4n) is 1.31. The van der Waals surface area contributed by atoms with Gasteiger partial charge in [-0.3, -0.25) is 4.79 Å². The average Bonchev–Trinajstić information content (AvgIpc) is 2.64. The monoisotopic (exact) mass is 226 g/mol. The Morgan fingerprint density at radius 3 is 2.80 bits per heavy atom. The van der Waals surface area contributed by atoms with Crippen molar-refractivity contribution in [2.45, 2.75) is 26.3 Å². The van der Waals surface area contributed by atoms with E-state index < -0.39 is 0 Å². The van der Waals surface area contributed by atoms with Crippen molar-refractivity contribution in [1.29, 1.82) is 0 Å². The standard InChI is InChI=1S/C11H18N2OS/c1-8-4-5-10(15-8)9(2)13-7-6-11(14)12-3/h4-5,9,13H,6-7H2,1-3H3,(H,12,14). The van der Waals surface area contributed by atoms with E-state index in [9.17, 15) is 4.79 Å². The van der Waals surface area contributed by atoms with Crippen molar-refractivity contribution >= 4 is 17.2 Å². The molecule has 0 aromatic carbocycles. The van der Waals surface area contributed by atoms with Gasteiger partial charge >= 0.3 is 0 Å². The van der Waals surface area contributed by atoms with Crippen LogP contribution in [0.1, 0.15) is 29.1 Å². The zero-order valence-corrected chi connectivity index (χ0v) is 10.3. The van der Waals surface area contributed by atoms with Gasteiger partial charge in [-0.25, -0.2) is 0 Å². The predicted octanol–water partition coefficient (Wildman–Crippen LogP) is 1.84. The Labute approximate surface area is 94.9 Å². The molecular formula is C11H18N2OS. The minimum absolute atomic E-state index is 0.0806. The van der Waals surface area contributed by atoms with Crippen LogP contribution in [0.5, 0.6) is 0 Å². The van der Waals surface area contributed by atoms with E-state index in [1.54, 1.807) is 18.4 Å². The molecule has 3 nitrogen and oxygen atoms in total. The predicted molar refractivity (Wildman–Crippen MR) is 64.2 cm³/mol. The number of hydrogen-bond acceptors (Lipinski definition) is 3. The third kappa shape index (κ3) is 4.01. The van der Waals surface area contributed by atoms with Gasteiger partial charge in [0.2, 0.25) is 5.91 Å². The molecule has 0 saturated heterocycles. The quantitative estimate of drug-likeness (QED) is 0.804. The van der Waals surface area contributed by atoms with Crippen LogP contribution in [0, 0.1) is 6.92 Å². The summed E-state index contributed by atoms with van der Waals surface area (Å²) in [7, 11) is 1.66. The molecule has 1 heterocycles. The fourth-order valence-corrected chi connectivity index (χ4v) is 2.22. The van der Waals surface area contributed by atoms with E-state index in [0.717, 1.165) is 6.54 Å². The number of thiophene rings is 1. The Balaban J connectivity index is 2.30. The van der Waals surface area contributed by atoms with E-state index in [1.807, 2.05) is 0 Å². The van der Waals surface area contributed by atoms with Crippen LogP contribution >= 0.6 is 11.3 Å². The van der Waals surface area contributed by atoms with Gasteiger partial charge in [0.05, 0.1) is 0 Å². The summed E-state index contributed by atoms with van der Waals surface area (Å²) in [4.78, 5) is 13.6. The highest BCUT2D eigenvalue weighted by molar-refractivity contribution is 7.12. The Morgan fingerprint density at radius 2 is 2.27 bits per heavy atom. The first-order valence-corrected chi connectivity index (χ1v) is 5.95. The van der Waals surface area contributed by atoms with E-state index in [0.29, 0.717) is 12.5 Å². The van der Waals surface area contributed by atoms with E-state index in [2.05, 4.69) is 36.6 Å². The van der Waals surface area contributed by atoms with Crippen molar-refractivity contribution in [3.63, 3.8) is 0 Å². The normalized spacial score (nSPS) is 12.5. The number of carbonyl (C=O) groups is 1. The van der Waals surface area contributed by atoms with Gasteiger partial charge in [-0.2, -0.15) is 0 Å². The summed E-state index contributed by atoms with van der Waals surface area (Å²) in [5.41, 5.74) is 0. The number of amides is 1. The first-order valence-electron chi connectivity index (χ1n) is 5.13. The summed E-state index contributed by atoms with van der Waals surface area (Å²) in [5.74, 6) is 0.0806. The highest BCUT2D eigenvalue weighted by atomic mass is 32.1. The molecule has 0 saturated carbocycles. The lowest BCUT2D eigenvalue weighted by molar-refractivity contribution is -0.120. The largest absolute Gasteiger partial charge is 0.359 e. The van der Waals surface area contributed by atoms with Gasteiger partial charge in [-0.15, -0.1) is 11.3 Å². The van der Waals surface area contributed by atoms with Crippen molar-refractivity contribution < 1.29 is 4.79 Å². The number of rotatable bonds is 5. The molecule has 0 spiro atoms. The summed E-state index contributed by atoms with van der Waals surface area (Å²) in [6.45, 7) is 4.94. The maximum absolute atomic E-state index is 11.0. The zero-order chi connectivity index (χ0) is 11.3. The van der Waals surface area contributed by atoms with Gasteiger partial charge < -0.3 is 10.6 Å². The molecule has 1 amide bonds. The molecule has 1 unspecified atom stereocenters. The molecule has 1 atom stereocenters. The molecule has 0 aliphatic rings. The van der Waals surface area contributed by atoms with Crippen molar-refractivity contribution in [2.24, 2.45) is 0 Å². The number of hydrogen-bond donors (Lipinski definition) is 2. The van der Waals surface area contributed by atoms with E-state index in [-0.39, 0.29) is 5.91 Å². The summed E-state index contributed by atoms with van der Waals surface area (Å²) in [6, 6.07) is 4.59. The molecule has 1 aromatic heterocycles. The molecule has 0 radical (unpaired) electrons. The second-order valence-corrected chi connectivity index (χ2v) is 4.87. The molecular weight excluding hydrogens is 208 g/mol. The Bertz CT molecular complexity index is 322. The van der Waals surface area contributed by atoms with E-state index in [1.165, 1.54) is 9.75 Å². The molecule has 0 bridgehead atoms. The summed E-state index contributed by atoms with van der Waals surface area (Å²) in [6.07, 6.45) is 0.533. The Morgan fingerprint density at radius 1 is 1.53 bits per heavy atom. The molecule has 0 aliphatic carbocycles. The van der Waals surface area contributed by atoms with Gasteiger partial charge in [0.15, 0.2) is 0 Å². The van der Waals surface area contributed by atoms with Crippen LogP contribution in [0.4, 0.5) is 0 Å². The van der Waals surface area contributed by atoms with Gasteiger partial charge in [0, 0.05) is 35.8 Å². The van der Waals surface area contributed by atoms with Crippen molar-refractivity contribution in [1.82, 2.24) is 10.6 Å². The summed E-state index contributed by atoms with van der Waals surface area (Å²) >= 11 is 1.80. The maximum atomic E-state index is 11.0. The smallest absolute Gasteiger partial charge is 0.221 e. The lowest BCUT2D eigenvalue weighted by Gasteiger charge is -2.11. The van der Waals surface area contributed by atoms with Crippen molar-refractivity contribution in [3.8, 4) is 0 Å². The third-order valence-corrected chi connectivity index (χ3v) is 3.45. The number of carbonyl (C=O) groups excluding carboxylic acids is 1. The van der Waals surface area contributed by atoms with Crippen LogP contribution in [0.15, 0.2) is 12.1 Å². The Kier molecular flexibility index (Phi) is 4.78. The van der Waals surface area contributed by atoms with Crippen LogP contribution in [-0.2, 0) is 4.79 Å². The van der Waals surface area contributed by atoms with Crippen LogP contribution in [-0.4, -0.2) is 19.5 Å². The molecule has 0 aliphatic heterocycles. The maximum Gasteiger partial charge on any atom is 0.221 e. The van der Waals surface area contributed by atoms with E-state index in [4.69, 9.17) is 0 Å². The first-order chi connectivity index (χ1) is 7.13. The van der Waals surface area contributed by atoms with Crippen LogP contribution < -0.4 is 10.6 Å². The molecule has 2 N–H and O–H groups in total. The summed E-state index contributed by atoms with van der Waals surface area (Å²) in [5, 5.41) is 5.93. The highest BCUT2D eigenvalue weighted by Gasteiger charge is 2.07. The van der Waals surface area contributed by atoms with E-state index >= 15 is 0 Å². The van der Waals surface area contributed by atoms with Gasteiger partial charge in [0.25, 0.3) is 0 Å². The fraction of sp³-hybridized carbons (Fsp3) is 0.545. The third-order valence-electron chi connectivity index (χ3n) is 2.27. The average molecular weight is 226 g/mol. The SMILES string of the molecule is CNC(=O)CCNC(C)c1ccc(C)s1. The second-order valence-electron chi connectivity index (χ2n) is 3.55. The van der Waals surface area contributed by atoms with Gasteiger partial charge in [0.1, 0.15) is 0 Å². The Hall–Kier alpha value is -0.870. The molecule has 0 fully saturated rings. The van der Waals surface area contributed by atoms with Crippen molar-refractivity contribution in [2.75, 3.05) is 13.6 Å². The zero-order valence-electron chi connectivity index (χ0n) is 9.46. The van der Waals surface area contributed by atoms with Gasteiger partial charge in [-0.1, -0.05) is 0 Å². The highest BCUT2D eigenvalue weighted by Crippen LogP contribution is 2.21. The topological polar surface area (TPSA) is 41.1 Å². The van der Waals surface area contributed by atoms with Gasteiger partial charge in [-0.05, 0) is 26.0 Å². The van der Waals surface area contributed by atoms with Crippen LogP contribution in [0.3, 0.4) is 0 Å². The molecule has 1 rings (SSSR count). The molecule has 4 heteroatoms. The molecule has 15 heavy (non-hydrogen) atoms. The second kappa shape index (κ2) is 5.88. The molecule has 1 aromatic rings. The summed E-state index contributed by atoms with van der Waals surface area (Å²) < 4.78 is 0. The van der Waals surface area contributed by atoms with Crippen LogP contribution in [0.25, 0.3) is 0 Å². The number of nitrogens with one attached hydrogen (secondary N) is 2. The van der Waals surface area contributed by atoms with Crippen molar-refractivity contribution in [3.05, 3.63) is 21.9 Å². The molecule has 84 valence electrons. The lowest BCUT2D eigenvalue weighted by atomic mass is 10.2.